The molecular weight excluding hydrogens is 240 g/mol. The van der Waals surface area contributed by atoms with Gasteiger partial charge in [0, 0.05) is 6.54 Å². The number of amides is 2. The number of hydrogen-bond donors (Lipinski definition) is 1. The fraction of sp³-hybridized carbons (Fsp3) is 0.867. The van der Waals surface area contributed by atoms with Gasteiger partial charge >= 0.3 is 0 Å². The van der Waals surface area contributed by atoms with Crippen molar-refractivity contribution >= 4 is 11.8 Å². The van der Waals surface area contributed by atoms with Crippen LogP contribution in [-0.2, 0) is 9.59 Å². The number of carbonyl (C=O) groups is 2. The van der Waals surface area contributed by atoms with Gasteiger partial charge in [0.2, 0.25) is 11.8 Å². The molecule has 2 fully saturated rings. The maximum absolute atomic E-state index is 12.1. The molecule has 0 bridgehead atoms. The van der Waals surface area contributed by atoms with E-state index in [1.165, 1.54) is 25.7 Å². The van der Waals surface area contributed by atoms with Crippen LogP contribution < -0.4 is 5.32 Å². The highest BCUT2D eigenvalue weighted by Crippen LogP contribution is 2.30. The van der Waals surface area contributed by atoms with Crippen LogP contribution in [0.5, 0.6) is 0 Å². The van der Waals surface area contributed by atoms with Crippen LogP contribution in [0.3, 0.4) is 0 Å². The van der Waals surface area contributed by atoms with Gasteiger partial charge in [0.15, 0.2) is 0 Å². The fourth-order valence-corrected chi connectivity index (χ4v) is 3.33. The quantitative estimate of drug-likeness (QED) is 0.846. The van der Waals surface area contributed by atoms with Crippen LogP contribution >= 0.6 is 0 Å². The Morgan fingerprint density at radius 2 is 1.84 bits per heavy atom. The standard InChI is InChI=1S/C15H26N2O2/c1-10(2)14-15(19)16-8-13(18)17(14)9-12-6-4-11(3)5-7-12/h10-12,14H,4-9H2,1-3H3,(H,16,19). The first-order valence-electron chi connectivity index (χ1n) is 7.56. The minimum absolute atomic E-state index is 0.0128. The topological polar surface area (TPSA) is 49.4 Å². The molecule has 1 atom stereocenters. The smallest absolute Gasteiger partial charge is 0.243 e. The van der Waals surface area contributed by atoms with Gasteiger partial charge in [-0.05, 0) is 30.6 Å². The van der Waals surface area contributed by atoms with Gasteiger partial charge in [-0.2, -0.15) is 0 Å². The molecular formula is C15H26N2O2. The highest BCUT2D eigenvalue weighted by molar-refractivity contribution is 5.94. The highest BCUT2D eigenvalue weighted by atomic mass is 16.2. The second-order valence-corrected chi connectivity index (χ2v) is 6.58. The summed E-state index contributed by atoms with van der Waals surface area (Å²) < 4.78 is 0. The van der Waals surface area contributed by atoms with Gasteiger partial charge < -0.3 is 10.2 Å². The summed E-state index contributed by atoms with van der Waals surface area (Å²) in [6.45, 7) is 7.26. The molecule has 19 heavy (non-hydrogen) atoms. The molecule has 1 unspecified atom stereocenters. The van der Waals surface area contributed by atoms with Crippen molar-refractivity contribution in [2.75, 3.05) is 13.1 Å². The second kappa shape index (κ2) is 5.93. The number of nitrogens with zero attached hydrogens (tertiary/aromatic N) is 1. The van der Waals surface area contributed by atoms with E-state index in [-0.39, 0.29) is 30.3 Å². The number of rotatable bonds is 3. The lowest BCUT2D eigenvalue weighted by molar-refractivity contribution is -0.148. The first kappa shape index (κ1) is 14.4. The van der Waals surface area contributed by atoms with Crippen LogP contribution in [0, 0.1) is 17.8 Å². The summed E-state index contributed by atoms with van der Waals surface area (Å²) in [7, 11) is 0. The molecule has 2 aliphatic rings. The SMILES string of the molecule is CC1CCC(CN2C(=O)CNC(=O)C2C(C)C)CC1. The maximum atomic E-state index is 12.1. The Morgan fingerprint density at radius 3 is 2.42 bits per heavy atom. The van der Waals surface area contributed by atoms with E-state index in [0.717, 1.165) is 12.5 Å². The van der Waals surface area contributed by atoms with Gasteiger partial charge in [-0.3, -0.25) is 9.59 Å². The molecule has 0 aromatic carbocycles. The molecule has 0 aromatic heterocycles. The van der Waals surface area contributed by atoms with Crippen molar-refractivity contribution in [3.63, 3.8) is 0 Å². The molecule has 1 heterocycles. The van der Waals surface area contributed by atoms with Crippen LogP contribution in [-0.4, -0.2) is 35.8 Å². The molecule has 1 saturated heterocycles. The predicted molar refractivity (Wildman–Crippen MR) is 74.5 cm³/mol. The largest absolute Gasteiger partial charge is 0.345 e. The van der Waals surface area contributed by atoms with Crippen LogP contribution in [0.4, 0.5) is 0 Å². The number of piperazine rings is 1. The van der Waals surface area contributed by atoms with E-state index in [0.29, 0.717) is 5.92 Å². The highest BCUT2D eigenvalue weighted by Gasteiger charge is 2.37. The Labute approximate surface area is 115 Å². The van der Waals surface area contributed by atoms with Crippen molar-refractivity contribution in [1.29, 1.82) is 0 Å². The average molecular weight is 266 g/mol. The Bertz CT molecular complexity index is 346. The zero-order valence-corrected chi connectivity index (χ0v) is 12.3. The van der Waals surface area contributed by atoms with Crippen LogP contribution in [0.2, 0.25) is 0 Å². The van der Waals surface area contributed by atoms with E-state index < -0.39 is 0 Å². The van der Waals surface area contributed by atoms with Crippen LogP contribution in [0.1, 0.15) is 46.5 Å². The first-order chi connectivity index (χ1) is 8.99. The molecule has 1 N–H and O–H groups in total. The Hall–Kier alpha value is -1.06. The van der Waals surface area contributed by atoms with Gasteiger partial charge in [0.25, 0.3) is 0 Å². The Morgan fingerprint density at radius 1 is 1.21 bits per heavy atom. The molecule has 0 aromatic rings. The first-order valence-corrected chi connectivity index (χ1v) is 7.56. The zero-order valence-electron chi connectivity index (χ0n) is 12.3. The van der Waals surface area contributed by atoms with Gasteiger partial charge in [0.1, 0.15) is 6.04 Å². The molecule has 1 saturated carbocycles. The average Bonchev–Trinajstić information content (AvgIpc) is 2.36. The fourth-order valence-electron chi connectivity index (χ4n) is 3.33. The molecule has 1 aliphatic carbocycles. The van der Waals surface area contributed by atoms with Crippen molar-refractivity contribution in [3.8, 4) is 0 Å². The van der Waals surface area contributed by atoms with E-state index >= 15 is 0 Å². The third kappa shape index (κ3) is 3.28. The normalized spacial score (nSPS) is 32.6. The maximum Gasteiger partial charge on any atom is 0.243 e. The summed E-state index contributed by atoms with van der Waals surface area (Å²) in [5, 5.41) is 2.71. The van der Waals surface area contributed by atoms with Gasteiger partial charge in [-0.1, -0.05) is 33.6 Å². The molecule has 108 valence electrons. The lowest BCUT2D eigenvalue weighted by Crippen LogP contribution is -2.61. The van der Waals surface area contributed by atoms with Gasteiger partial charge in [0.05, 0.1) is 6.54 Å². The van der Waals surface area contributed by atoms with Crippen molar-refractivity contribution in [3.05, 3.63) is 0 Å². The summed E-state index contributed by atoms with van der Waals surface area (Å²) in [4.78, 5) is 25.9. The van der Waals surface area contributed by atoms with E-state index in [1.807, 2.05) is 18.7 Å². The molecule has 0 spiro atoms. The summed E-state index contributed by atoms with van der Waals surface area (Å²) in [6, 6.07) is -0.277. The molecule has 4 heteroatoms. The Balaban J connectivity index is 2.02. The summed E-state index contributed by atoms with van der Waals surface area (Å²) in [5.41, 5.74) is 0. The molecule has 4 nitrogen and oxygen atoms in total. The third-order valence-electron chi connectivity index (χ3n) is 4.56. The third-order valence-corrected chi connectivity index (χ3v) is 4.56. The van der Waals surface area contributed by atoms with Crippen molar-refractivity contribution < 1.29 is 9.59 Å². The van der Waals surface area contributed by atoms with Crippen molar-refractivity contribution in [1.82, 2.24) is 10.2 Å². The van der Waals surface area contributed by atoms with Crippen LogP contribution in [0.25, 0.3) is 0 Å². The summed E-state index contributed by atoms with van der Waals surface area (Å²) >= 11 is 0. The van der Waals surface area contributed by atoms with Crippen molar-refractivity contribution in [2.45, 2.75) is 52.5 Å². The molecule has 2 rings (SSSR count). The summed E-state index contributed by atoms with van der Waals surface area (Å²) in [6.07, 6.45) is 4.89. The van der Waals surface area contributed by atoms with Crippen LogP contribution in [0.15, 0.2) is 0 Å². The van der Waals surface area contributed by atoms with E-state index in [9.17, 15) is 9.59 Å². The monoisotopic (exact) mass is 266 g/mol. The number of hydrogen-bond acceptors (Lipinski definition) is 2. The molecule has 1 aliphatic heterocycles. The van der Waals surface area contributed by atoms with Gasteiger partial charge in [-0.15, -0.1) is 0 Å². The van der Waals surface area contributed by atoms with E-state index in [1.54, 1.807) is 0 Å². The lowest BCUT2D eigenvalue weighted by Gasteiger charge is -2.40. The molecule has 0 radical (unpaired) electrons. The van der Waals surface area contributed by atoms with E-state index in [2.05, 4.69) is 12.2 Å². The van der Waals surface area contributed by atoms with Gasteiger partial charge in [-0.25, -0.2) is 0 Å². The number of carbonyl (C=O) groups excluding carboxylic acids is 2. The molecule has 2 amide bonds. The second-order valence-electron chi connectivity index (χ2n) is 6.58. The Kier molecular flexibility index (Phi) is 4.48. The van der Waals surface area contributed by atoms with Crippen molar-refractivity contribution in [2.24, 2.45) is 17.8 Å². The lowest BCUT2D eigenvalue weighted by atomic mass is 9.82. The predicted octanol–water partition coefficient (Wildman–Crippen LogP) is 1.80. The zero-order chi connectivity index (χ0) is 14.0. The summed E-state index contributed by atoms with van der Waals surface area (Å²) in [5.74, 6) is 1.66. The minimum Gasteiger partial charge on any atom is -0.345 e. The number of nitrogens with one attached hydrogen (secondary N) is 1. The van der Waals surface area contributed by atoms with E-state index in [4.69, 9.17) is 0 Å². The minimum atomic E-state index is -0.277.